The summed E-state index contributed by atoms with van der Waals surface area (Å²) in [6, 6.07) is 8.13. The van der Waals surface area contributed by atoms with Gasteiger partial charge in [0.15, 0.2) is 0 Å². The molecule has 0 aliphatic carbocycles. The first kappa shape index (κ1) is 20.3. The lowest BCUT2D eigenvalue weighted by atomic mass is 10.3. The Morgan fingerprint density at radius 1 is 1.12 bits per heavy atom. The van der Waals surface area contributed by atoms with Crippen molar-refractivity contribution >= 4 is 33.2 Å². The molecule has 140 valence electrons. The van der Waals surface area contributed by atoms with Gasteiger partial charge in [-0.1, -0.05) is 18.5 Å². The van der Waals surface area contributed by atoms with Crippen LogP contribution < -0.4 is 5.32 Å². The van der Waals surface area contributed by atoms with E-state index >= 15 is 0 Å². The summed E-state index contributed by atoms with van der Waals surface area (Å²) < 4.78 is 52.8. The van der Waals surface area contributed by atoms with E-state index in [0.29, 0.717) is 17.5 Å². The Hall–Kier alpha value is -2.03. The number of nitrogens with zero attached hydrogens (tertiary/aromatic N) is 1. The highest BCUT2D eigenvalue weighted by Gasteiger charge is 2.26. The molecule has 26 heavy (non-hydrogen) atoms. The van der Waals surface area contributed by atoms with Gasteiger partial charge in [-0.25, -0.2) is 17.2 Å². The zero-order chi connectivity index (χ0) is 19.3. The maximum Gasteiger partial charge on any atom is 0.243 e. The topological polar surface area (TPSA) is 66.5 Å². The molecule has 2 rings (SSSR count). The van der Waals surface area contributed by atoms with E-state index in [2.05, 4.69) is 5.32 Å². The summed E-state index contributed by atoms with van der Waals surface area (Å²) in [7, 11) is -3.92. The Balaban J connectivity index is 2.18. The van der Waals surface area contributed by atoms with Gasteiger partial charge in [0.2, 0.25) is 15.9 Å². The summed E-state index contributed by atoms with van der Waals surface area (Å²) in [6.07, 6.45) is 0.481. The SMILES string of the molecule is CCCN(CC(=O)Nc1cc(F)cc(F)c1)S(=O)(=O)c1ccc(Cl)cc1. The number of anilines is 1. The smallest absolute Gasteiger partial charge is 0.243 e. The standard InChI is InChI=1S/C17H17ClF2N2O3S/c1-2-7-22(26(24,25)16-5-3-12(18)4-6-16)11-17(23)21-15-9-13(19)8-14(20)10-15/h3-6,8-10H,2,7,11H2,1H3,(H,21,23). The third-order valence-electron chi connectivity index (χ3n) is 3.39. The minimum Gasteiger partial charge on any atom is -0.325 e. The van der Waals surface area contributed by atoms with Crippen molar-refractivity contribution in [3.05, 3.63) is 59.1 Å². The summed E-state index contributed by atoms with van der Waals surface area (Å²) in [4.78, 5) is 12.2. The van der Waals surface area contributed by atoms with Gasteiger partial charge >= 0.3 is 0 Å². The molecule has 2 aromatic rings. The summed E-state index contributed by atoms with van der Waals surface area (Å²) in [5.74, 6) is -2.40. The second-order valence-corrected chi connectivity index (χ2v) is 7.87. The molecule has 0 aromatic heterocycles. The zero-order valence-corrected chi connectivity index (χ0v) is 15.4. The first-order valence-electron chi connectivity index (χ1n) is 7.74. The Bertz CT molecular complexity index is 869. The van der Waals surface area contributed by atoms with E-state index in [9.17, 15) is 22.0 Å². The molecular weight excluding hydrogens is 386 g/mol. The van der Waals surface area contributed by atoms with Gasteiger partial charge < -0.3 is 5.32 Å². The third-order valence-corrected chi connectivity index (χ3v) is 5.50. The van der Waals surface area contributed by atoms with E-state index in [1.165, 1.54) is 24.3 Å². The maximum atomic E-state index is 13.2. The number of sulfonamides is 1. The Labute approximate surface area is 155 Å². The van der Waals surface area contributed by atoms with Crippen LogP contribution in [-0.4, -0.2) is 31.7 Å². The van der Waals surface area contributed by atoms with Crippen LogP contribution in [-0.2, 0) is 14.8 Å². The molecule has 0 radical (unpaired) electrons. The molecule has 1 amide bonds. The van der Waals surface area contributed by atoms with Crippen molar-refractivity contribution in [1.82, 2.24) is 4.31 Å². The molecule has 5 nitrogen and oxygen atoms in total. The number of hydrogen-bond donors (Lipinski definition) is 1. The molecule has 0 spiro atoms. The molecule has 0 unspecified atom stereocenters. The highest BCUT2D eigenvalue weighted by molar-refractivity contribution is 7.89. The fraction of sp³-hybridized carbons (Fsp3) is 0.235. The van der Waals surface area contributed by atoms with Crippen LogP contribution in [0.15, 0.2) is 47.4 Å². The zero-order valence-electron chi connectivity index (χ0n) is 13.9. The first-order valence-corrected chi connectivity index (χ1v) is 9.56. The summed E-state index contributed by atoms with van der Waals surface area (Å²) in [6.45, 7) is 1.39. The van der Waals surface area contributed by atoms with Gasteiger partial charge in [0.05, 0.1) is 11.4 Å². The van der Waals surface area contributed by atoms with Gasteiger partial charge in [0, 0.05) is 23.3 Å². The minimum atomic E-state index is -3.92. The van der Waals surface area contributed by atoms with Crippen molar-refractivity contribution in [2.24, 2.45) is 0 Å². The van der Waals surface area contributed by atoms with Gasteiger partial charge in [-0.3, -0.25) is 4.79 Å². The van der Waals surface area contributed by atoms with E-state index in [4.69, 9.17) is 11.6 Å². The largest absolute Gasteiger partial charge is 0.325 e. The summed E-state index contributed by atoms with van der Waals surface area (Å²) in [5, 5.41) is 2.68. The lowest BCUT2D eigenvalue weighted by molar-refractivity contribution is -0.116. The molecular formula is C17H17ClF2N2O3S. The lowest BCUT2D eigenvalue weighted by Gasteiger charge is -2.21. The van der Waals surface area contributed by atoms with Crippen molar-refractivity contribution in [2.45, 2.75) is 18.2 Å². The van der Waals surface area contributed by atoms with Crippen LogP contribution in [0.5, 0.6) is 0 Å². The van der Waals surface area contributed by atoms with Crippen LogP contribution in [0, 0.1) is 11.6 Å². The van der Waals surface area contributed by atoms with Crippen molar-refractivity contribution in [3.63, 3.8) is 0 Å². The fourth-order valence-electron chi connectivity index (χ4n) is 2.28. The van der Waals surface area contributed by atoms with Crippen LogP contribution >= 0.6 is 11.6 Å². The number of halogens is 3. The van der Waals surface area contributed by atoms with Crippen LogP contribution in [0.4, 0.5) is 14.5 Å². The highest BCUT2D eigenvalue weighted by atomic mass is 35.5. The van der Waals surface area contributed by atoms with E-state index in [0.717, 1.165) is 16.4 Å². The number of hydrogen-bond acceptors (Lipinski definition) is 3. The van der Waals surface area contributed by atoms with E-state index < -0.39 is 34.1 Å². The second-order valence-electron chi connectivity index (χ2n) is 5.50. The molecule has 0 aliphatic rings. The molecule has 2 aromatic carbocycles. The van der Waals surface area contributed by atoms with Crippen molar-refractivity contribution in [3.8, 4) is 0 Å². The first-order chi connectivity index (χ1) is 12.2. The summed E-state index contributed by atoms with van der Waals surface area (Å²) in [5.41, 5.74) is -0.0900. The number of amides is 1. The molecule has 9 heteroatoms. The lowest BCUT2D eigenvalue weighted by Crippen LogP contribution is -2.38. The number of rotatable bonds is 7. The highest BCUT2D eigenvalue weighted by Crippen LogP contribution is 2.19. The number of carbonyl (C=O) groups is 1. The van der Waals surface area contributed by atoms with Crippen LogP contribution in [0.25, 0.3) is 0 Å². The molecule has 0 fully saturated rings. The Morgan fingerprint density at radius 3 is 2.23 bits per heavy atom. The van der Waals surface area contributed by atoms with Gasteiger partial charge in [-0.05, 0) is 42.8 Å². The quantitative estimate of drug-likeness (QED) is 0.768. The van der Waals surface area contributed by atoms with E-state index in [-0.39, 0.29) is 17.1 Å². The molecule has 1 N–H and O–H groups in total. The molecule has 0 bridgehead atoms. The average Bonchev–Trinajstić information content (AvgIpc) is 2.53. The van der Waals surface area contributed by atoms with Gasteiger partial charge in [0.25, 0.3) is 0 Å². The fourth-order valence-corrected chi connectivity index (χ4v) is 3.89. The second kappa shape index (κ2) is 8.57. The molecule has 0 saturated heterocycles. The molecule has 0 heterocycles. The van der Waals surface area contributed by atoms with Crippen LogP contribution in [0.1, 0.15) is 13.3 Å². The monoisotopic (exact) mass is 402 g/mol. The van der Waals surface area contributed by atoms with Gasteiger partial charge in [0.1, 0.15) is 11.6 Å². The van der Waals surface area contributed by atoms with Crippen molar-refractivity contribution < 1.29 is 22.0 Å². The predicted molar refractivity (Wildman–Crippen MR) is 95.5 cm³/mol. The van der Waals surface area contributed by atoms with E-state index in [1.54, 1.807) is 6.92 Å². The number of carbonyl (C=O) groups excluding carboxylic acids is 1. The predicted octanol–water partition coefficient (Wildman–Crippen LogP) is 3.66. The van der Waals surface area contributed by atoms with Crippen molar-refractivity contribution in [1.29, 1.82) is 0 Å². The van der Waals surface area contributed by atoms with E-state index in [1.807, 2.05) is 0 Å². The Morgan fingerprint density at radius 2 is 1.69 bits per heavy atom. The van der Waals surface area contributed by atoms with Crippen LogP contribution in [0.2, 0.25) is 5.02 Å². The minimum absolute atomic E-state index is 0.0000463. The Kier molecular flexibility index (Phi) is 6.69. The number of nitrogens with one attached hydrogen (secondary N) is 1. The maximum absolute atomic E-state index is 13.2. The summed E-state index contributed by atoms with van der Waals surface area (Å²) >= 11 is 5.77. The molecule has 0 aliphatic heterocycles. The third kappa shape index (κ3) is 5.23. The average molecular weight is 403 g/mol. The van der Waals surface area contributed by atoms with Gasteiger partial charge in [-0.15, -0.1) is 0 Å². The van der Waals surface area contributed by atoms with Gasteiger partial charge in [-0.2, -0.15) is 4.31 Å². The molecule has 0 atom stereocenters. The van der Waals surface area contributed by atoms with Crippen LogP contribution in [0.3, 0.4) is 0 Å². The molecule has 0 saturated carbocycles. The normalized spacial score (nSPS) is 11.6. The van der Waals surface area contributed by atoms with Crippen molar-refractivity contribution in [2.75, 3.05) is 18.4 Å². The number of benzene rings is 2.